The third-order valence-corrected chi connectivity index (χ3v) is 4.04. The number of amides is 1. The fourth-order valence-corrected chi connectivity index (χ4v) is 2.59. The van der Waals surface area contributed by atoms with Crippen LogP contribution in [0, 0.1) is 0 Å². The Labute approximate surface area is 132 Å². The minimum absolute atomic E-state index is 0.108. The Bertz CT molecular complexity index is 639. The summed E-state index contributed by atoms with van der Waals surface area (Å²) in [6.07, 6.45) is 0. The second-order valence-corrected chi connectivity index (χ2v) is 5.59. The largest absolute Gasteiger partial charge is 0.497 e. The number of hydrogen-bond donors (Lipinski definition) is 1. The van der Waals surface area contributed by atoms with E-state index in [4.69, 9.17) is 9.47 Å². The van der Waals surface area contributed by atoms with Gasteiger partial charge in [0.2, 0.25) is 0 Å². The van der Waals surface area contributed by atoms with Gasteiger partial charge in [-0.1, -0.05) is 12.1 Å². The van der Waals surface area contributed by atoms with Gasteiger partial charge < -0.3 is 14.8 Å². The van der Waals surface area contributed by atoms with Crippen molar-refractivity contribution in [3.05, 3.63) is 52.2 Å². The number of nitrogens with one attached hydrogen (secondary N) is 1. The van der Waals surface area contributed by atoms with Gasteiger partial charge in [0.05, 0.1) is 18.7 Å². The van der Waals surface area contributed by atoms with E-state index in [9.17, 15) is 9.59 Å². The molecule has 0 spiro atoms. The van der Waals surface area contributed by atoms with Crippen LogP contribution in [0.1, 0.15) is 28.2 Å². The highest BCUT2D eigenvalue weighted by molar-refractivity contribution is 7.10. The van der Waals surface area contributed by atoms with E-state index in [1.807, 2.05) is 24.4 Å². The van der Waals surface area contributed by atoms with Gasteiger partial charge in [0.15, 0.2) is 6.61 Å². The zero-order chi connectivity index (χ0) is 15.9. The minimum Gasteiger partial charge on any atom is -0.497 e. The summed E-state index contributed by atoms with van der Waals surface area (Å²) in [5.41, 5.74) is 0.346. The third-order valence-electron chi connectivity index (χ3n) is 2.99. The molecule has 1 aromatic heterocycles. The molecule has 5 nitrogen and oxygen atoms in total. The van der Waals surface area contributed by atoms with Crippen LogP contribution in [0.2, 0.25) is 0 Å². The number of hydrogen-bond acceptors (Lipinski definition) is 5. The first-order valence-electron chi connectivity index (χ1n) is 6.74. The van der Waals surface area contributed by atoms with Crippen molar-refractivity contribution in [2.45, 2.75) is 13.0 Å². The first-order chi connectivity index (χ1) is 10.6. The third kappa shape index (κ3) is 4.33. The van der Waals surface area contributed by atoms with Crippen LogP contribution in [0.25, 0.3) is 0 Å². The van der Waals surface area contributed by atoms with Gasteiger partial charge in [-0.2, -0.15) is 0 Å². The van der Waals surface area contributed by atoms with Crippen LogP contribution in [0.5, 0.6) is 5.75 Å². The molecule has 0 saturated carbocycles. The van der Waals surface area contributed by atoms with Gasteiger partial charge >= 0.3 is 5.97 Å². The highest BCUT2D eigenvalue weighted by Gasteiger charge is 2.14. The van der Waals surface area contributed by atoms with E-state index in [-0.39, 0.29) is 18.6 Å². The van der Waals surface area contributed by atoms with Crippen molar-refractivity contribution in [3.63, 3.8) is 0 Å². The van der Waals surface area contributed by atoms with Crippen molar-refractivity contribution in [1.82, 2.24) is 5.32 Å². The van der Waals surface area contributed by atoms with Crippen molar-refractivity contribution in [2.75, 3.05) is 13.7 Å². The number of carbonyl (C=O) groups is 2. The molecule has 0 unspecified atom stereocenters. The van der Waals surface area contributed by atoms with Crippen molar-refractivity contribution < 1.29 is 19.1 Å². The Hall–Kier alpha value is -2.34. The summed E-state index contributed by atoms with van der Waals surface area (Å²) >= 11 is 1.56. The standard InChI is InChI=1S/C16H17NO4S/c1-11(14-7-4-8-22-14)17-15(18)10-21-16(19)12-5-3-6-13(9-12)20-2/h3-9,11H,10H2,1-2H3,(H,17,18)/t11-/m0/s1. The first-order valence-corrected chi connectivity index (χ1v) is 7.62. The van der Waals surface area contributed by atoms with E-state index in [1.54, 1.807) is 35.6 Å². The molecule has 2 aromatic rings. The lowest BCUT2D eigenvalue weighted by Crippen LogP contribution is -2.30. The Morgan fingerprint density at radius 2 is 2.09 bits per heavy atom. The molecule has 1 atom stereocenters. The van der Waals surface area contributed by atoms with Crippen molar-refractivity contribution in [3.8, 4) is 5.75 Å². The van der Waals surface area contributed by atoms with E-state index < -0.39 is 5.97 Å². The normalized spacial score (nSPS) is 11.5. The monoisotopic (exact) mass is 319 g/mol. The van der Waals surface area contributed by atoms with Crippen LogP contribution in [0.3, 0.4) is 0 Å². The van der Waals surface area contributed by atoms with E-state index in [0.29, 0.717) is 11.3 Å². The minimum atomic E-state index is -0.558. The topological polar surface area (TPSA) is 64.6 Å². The molecule has 0 saturated heterocycles. The van der Waals surface area contributed by atoms with E-state index >= 15 is 0 Å². The van der Waals surface area contributed by atoms with Gasteiger partial charge in [-0.3, -0.25) is 4.79 Å². The summed E-state index contributed by atoms with van der Waals surface area (Å²) in [5.74, 6) is -0.333. The highest BCUT2D eigenvalue weighted by Crippen LogP contribution is 2.18. The molecule has 0 fully saturated rings. The molecule has 1 amide bonds. The van der Waals surface area contributed by atoms with Gasteiger partial charge in [-0.15, -0.1) is 11.3 Å². The number of methoxy groups -OCH3 is 1. The fourth-order valence-electron chi connectivity index (χ4n) is 1.86. The van der Waals surface area contributed by atoms with E-state index in [0.717, 1.165) is 4.88 Å². The predicted octanol–water partition coefficient (Wildman–Crippen LogP) is 2.79. The Kier molecular flexibility index (Phi) is 5.55. The average Bonchev–Trinajstić information content (AvgIpc) is 3.07. The molecule has 1 N–H and O–H groups in total. The number of ether oxygens (including phenoxy) is 2. The van der Waals surface area contributed by atoms with Gasteiger partial charge in [0, 0.05) is 4.88 Å². The van der Waals surface area contributed by atoms with Crippen LogP contribution >= 0.6 is 11.3 Å². The fraction of sp³-hybridized carbons (Fsp3) is 0.250. The maximum Gasteiger partial charge on any atom is 0.338 e. The maximum atomic E-state index is 11.9. The zero-order valence-electron chi connectivity index (χ0n) is 12.4. The molecule has 0 bridgehead atoms. The predicted molar refractivity (Wildman–Crippen MR) is 84.2 cm³/mol. The van der Waals surface area contributed by atoms with Gasteiger partial charge in [0.1, 0.15) is 5.75 Å². The number of esters is 1. The Morgan fingerprint density at radius 3 is 2.77 bits per heavy atom. The zero-order valence-corrected chi connectivity index (χ0v) is 13.2. The van der Waals surface area contributed by atoms with Crippen LogP contribution in [-0.4, -0.2) is 25.6 Å². The Balaban J connectivity index is 1.84. The lowest BCUT2D eigenvalue weighted by Gasteiger charge is -2.12. The van der Waals surface area contributed by atoms with Crippen molar-refractivity contribution >= 4 is 23.2 Å². The Morgan fingerprint density at radius 1 is 1.27 bits per heavy atom. The van der Waals surface area contributed by atoms with Crippen LogP contribution in [0.4, 0.5) is 0 Å². The molecule has 0 aliphatic carbocycles. The van der Waals surface area contributed by atoms with Gasteiger partial charge in [-0.25, -0.2) is 4.79 Å². The van der Waals surface area contributed by atoms with E-state index in [1.165, 1.54) is 7.11 Å². The molecule has 1 heterocycles. The summed E-state index contributed by atoms with van der Waals surface area (Å²) in [6.45, 7) is 1.57. The lowest BCUT2D eigenvalue weighted by molar-refractivity contribution is -0.124. The summed E-state index contributed by atoms with van der Waals surface area (Å²) in [6, 6.07) is 10.3. The van der Waals surface area contributed by atoms with Gasteiger partial charge in [-0.05, 0) is 36.6 Å². The molecular weight excluding hydrogens is 302 g/mol. The molecule has 1 aromatic carbocycles. The van der Waals surface area contributed by atoms with Crippen LogP contribution < -0.4 is 10.1 Å². The quantitative estimate of drug-likeness (QED) is 0.832. The van der Waals surface area contributed by atoms with Crippen LogP contribution in [-0.2, 0) is 9.53 Å². The van der Waals surface area contributed by atoms with Gasteiger partial charge in [0.25, 0.3) is 5.91 Å². The molecule has 116 valence electrons. The van der Waals surface area contributed by atoms with Crippen molar-refractivity contribution in [2.24, 2.45) is 0 Å². The molecule has 0 aliphatic heterocycles. The second-order valence-electron chi connectivity index (χ2n) is 4.61. The summed E-state index contributed by atoms with van der Waals surface area (Å²) in [7, 11) is 1.52. The number of benzene rings is 1. The first kappa shape index (κ1) is 16.0. The summed E-state index contributed by atoms with van der Waals surface area (Å²) < 4.78 is 10.0. The molecule has 22 heavy (non-hydrogen) atoms. The highest BCUT2D eigenvalue weighted by atomic mass is 32.1. The average molecular weight is 319 g/mol. The molecular formula is C16H17NO4S. The molecule has 2 rings (SSSR count). The SMILES string of the molecule is COc1cccc(C(=O)OCC(=O)N[C@@H](C)c2cccs2)c1. The smallest absolute Gasteiger partial charge is 0.338 e. The van der Waals surface area contributed by atoms with Crippen LogP contribution in [0.15, 0.2) is 41.8 Å². The molecule has 0 radical (unpaired) electrons. The number of thiophene rings is 1. The summed E-state index contributed by atoms with van der Waals surface area (Å²) in [4.78, 5) is 24.7. The number of carbonyl (C=O) groups excluding carboxylic acids is 2. The van der Waals surface area contributed by atoms with Crippen molar-refractivity contribution in [1.29, 1.82) is 0 Å². The molecule has 0 aliphatic rings. The van der Waals surface area contributed by atoms with E-state index in [2.05, 4.69) is 5.32 Å². The lowest BCUT2D eigenvalue weighted by atomic mass is 10.2. The maximum absolute atomic E-state index is 11.9. The number of rotatable bonds is 6. The second kappa shape index (κ2) is 7.61. The molecule has 6 heteroatoms. The summed E-state index contributed by atoms with van der Waals surface area (Å²) in [5, 5.41) is 4.73.